The number of aromatic amines is 1. The van der Waals surface area contributed by atoms with Crippen molar-refractivity contribution in [2.45, 2.75) is 32.7 Å². The molecule has 0 saturated carbocycles. The molecule has 5 aromatic rings. The number of benzene rings is 2. The molecule has 0 aliphatic heterocycles. The number of unbranched alkanes of at least 4 members (excludes halogenated alkanes) is 1. The van der Waals surface area contributed by atoms with Gasteiger partial charge in [0, 0.05) is 12.0 Å². The molecule has 0 atom stereocenters. The normalized spacial score (nSPS) is 11.1. The van der Waals surface area contributed by atoms with Gasteiger partial charge >= 0.3 is 5.97 Å². The molecule has 0 amide bonds. The molecule has 0 saturated heterocycles. The number of nitrogens with zero attached hydrogens (tertiary/aromatic N) is 7. The lowest BCUT2D eigenvalue weighted by Gasteiger charge is -2.14. The van der Waals surface area contributed by atoms with E-state index in [9.17, 15) is 14.7 Å². The molecule has 0 unspecified atom stereocenters. The highest BCUT2D eigenvalue weighted by molar-refractivity contribution is 5.87. The van der Waals surface area contributed by atoms with Crippen molar-refractivity contribution in [3.63, 3.8) is 0 Å². The first-order chi connectivity index (χ1) is 17.5. The molecule has 0 fully saturated rings. The summed E-state index contributed by atoms with van der Waals surface area (Å²) in [5.41, 5.74) is 3.21. The third-order valence-corrected chi connectivity index (χ3v) is 5.84. The summed E-state index contributed by atoms with van der Waals surface area (Å²) in [5.74, 6) is -0.152. The number of carboxylic acids is 1. The van der Waals surface area contributed by atoms with Crippen LogP contribution in [0.4, 0.5) is 0 Å². The Labute approximate surface area is 204 Å². The van der Waals surface area contributed by atoms with E-state index in [0.29, 0.717) is 24.6 Å². The molecule has 0 aliphatic rings. The van der Waals surface area contributed by atoms with Crippen LogP contribution in [-0.4, -0.2) is 51.2 Å². The van der Waals surface area contributed by atoms with Crippen LogP contribution in [0.5, 0.6) is 0 Å². The molecule has 0 bridgehead atoms. The van der Waals surface area contributed by atoms with Crippen LogP contribution < -0.4 is 5.56 Å². The zero-order chi connectivity index (χ0) is 25.1. The summed E-state index contributed by atoms with van der Waals surface area (Å²) in [6, 6.07) is 15.7. The van der Waals surface area contributed by atoms with Gasteiger partial charge in [0.05, 0.1) is 12.7 Å². The van der Waals surface area contributed by atoms with E-state index in [-0.39, 0.29) is 22.4 Å². The van der Waals surface area contributed by atoms with Crippen LogP contribution in [0.25, 0.3) is 33.7 Å². The fourth-order valence-electron chi connectivity index (χ4n) is 4.01. The number of carboxylic acid groups (broad SMARTS) is 1. The number of rotatable bonds is 8. The van der Waals surface area contributed by atoms with Crippen molar-refractivity contribution in [3.05, 3.63) is 82.2 Å². The molecule has 2 N–H and O–H groups in total. The molecule has 0 aliphatic carbocycles. The molecular formula is C25H22N8O3. The van der Waals surface area contributed by atoms with Crippen LogP contribution >= 0.6 is 0 Å². The Hall–Kier alpha value is -4.80. The second kappa shape index (κ2) is 9.82. The summed E-state index contributed by atoms with van der Waals surface area (Å²) in [6.07, 6.45) is 3.40. The van der Waals surface area contributed by atoms with E-state index < -0.39 is 5.97 Å². The lowest BCUT2D eigenvalue weighted by Crippen LogP contribution is -2.27. The van der Waals surface area contributed by atoms with Crippen LogP contribution in [0.15, 0.2) is 59.5 Å². The lowest BCUT2D eigenvalue weighted by molar-refractivity contribution is 0.0690. The third-order valence-electron chi connectivity index (χ3n) is 5.84. The maximum Gasteiger partial charge on any atom is 0.356 e. The van der Waals surface area contributed by atoms with Gasteiger partial charge in [0.2, 0.25) is 5.82 Å². The topological polar surface area (TPSA) is 152 Å². The Morgan fingerprint density at radius 1 is 1.06 bits per heavy atom. The van der Waals surface area contributed by atoms with Crippen molar-refractivity contribution in [1.29, 1.82) is 0 Å². The van der Waals surface area contributed by atoms with Crippen LogP contribution in [0.3, 0.4) is 0 Å². The zero-order valence-electron chi connectivity index (χ0n) is 19.4. The first-order valence-electron chi connectivity index (χ1n) is 11.5. The molecule has 11 nitrogen and oxygen atoms in total. The maximum absolute atomic E-state index is 13.3. The number of aromatic carboxylic acids is 1. The highest BCUT2D eigenvalue weighted by atomic mass is 16.4. The quantitative estimate of drug-likeness (QED) is 0.340. The first kappa shape index (κ1) is 23.0. The van der Waals surface area contributed by atoms with Crippen molar-refractivity contribution < 1.29 is 9.90 Å². The van der Waals surface area contributed by atoms with Crippen molar-refractivity contribution in [3.8, 4) is 22.5 Å². The standard InChI is InChI=1S/C25H22N8O3/c1-2-3-8-20-28-23-21(26-13-19(27-23)25(35)36)24(34)33(20)14-15-9-11-16(12-10-15)17-6-4-5-7-18(17)22-29-31-32-30-22/h4-7,9-13H,2-3,8,14H2,1H3,(H,35,36)(H,29,30,31,32). The highest BCUT2D eigenvalue weighted by Gasteiger charge is 2.16. The average molecular weight is 483 g/mol. The number of carbonyl (C=O) groups is 1. The van der Waals surface area contributed by atoms with E-state index in [1.165, 1.54) is 0 Å². The number of aromatic nitrogens is 8. The van der Waals surface area contributed by atoms with Crippen molar-refractivity contribution >= 4 is 17.1 Å². The zero-order valence-corrected chi connectivity index (χ0v) is 19.4. The van der Waals surface area contributed by atoms with Crippen molar-refractivity contribution in [1.82, 2.24) is 40.1 Å². The van der Waals surface area contributed by atoms with Gasteiger partial charge in [0.25, 0.3) is 5.56 Å². The number of H-pyrrole nitrogens is 1. The van der Waals surface area contributed by atoms with Gasteiger partial charge in [-0.1, -0.05) is 61.9 Å². The van der Waals surface area contributed by atoms with Crippen LogP contribution in [0.1, 0.15) is 41.6 Å². The molecule has 36 heavy (non-hydrogen) atoms. The minimum absolute atomic E-state index is 0.0471. The summed E-state index contributed by atoms with van der Waals surface area (Å²) in [6.45, 7) is 2.35. The van der Waals surface area contributed by atoms with Gasteiger partial charge in [0.1, 0.15) is 5.82 Å². The summed E-state index contributed by atoms with van der Waals surface area (Å²) < 4.78 is 1.59. The second-order valence-electron chi connectivity index (χ2n) is 8.23. The molecule has 3 aromatic heterocycles. The molecule has 0 spiro atoms. The largest absolute Gasteiger partial charge is 0.476 e. The second-order valence-corrected chi connectivity index (χ2v) is 8.23. The molecule has 180 valence electrons. The molecule has 0 radical (unpaired) electrons. The van der Waals surface area contributed by atoms with Crippen LogP contribution in [-0.2, 0) is 13.0 Å². The Morgan fingerprint density at radius 3 is 2.53 bits per heavy atom. The van der Waals surface area contributed by atoms with Crippen LogP contribution in [0, 0.1) is 0 Å². The lowest BCUT2D eigenvalue weighted by atomic mass is 9.98. The SMILES string of the molecule is CCCCc1nc2nc(C(=O)O)cnc2c(=O)n1Cc1ccc(-c2ccccc2-c2nn[nH]n2)cc1. The number of nitrogens with one attached hydrogen (secondary N) is 1. The van der Waals surface area contributed by atoms with Gasteiger partial charge in [-0.15, -0.1) is 10.2 Å². The van der Waals surface area contributed by atoms with Gasteiger partial charge in [-0.3, -0.25) is 9.36 Å². The van der Waals surface area contributed by atoms with Gasteiger partial charge < -0.3 is 5.11 Å². The number of hydrogen-bond acceptors (Lipinski definition) is 8. The van der Waals surface area contributed by atoms with Gasteiger partial charge in [-0.05, 0) is 28.3 Å². The summed E-state index contributed by atoms with van der Waals surface area (Å²) in [7, 11) is 0. The highest BCUT2D eigenvalue weighted by Crippen LogP contribution is 2.29. The van der Waals surface area contributed by atoms with Gasteiger partial charge in [-0.25, -0.2) is 19.7 Å². The fourth-order valence-corrected chi connectivity index (χ4v) is 4.01. The Morgan fingerprint density at radius 2 is 1.83 bits per heavy atom. The van der Waals surface area contributed by atoms with E-state index in [0.717, 1.165) is 41.3 Å². The van der Waals surface area contributed by atoms with Crippen molar-refractivity contribution in [2.75, 3.05) is 0 Å². The average Bonchev–Trinajstić information content (AvgIpc) is 3.44. The van der Waals surface area contributed by atoms with E-state index >= 15 is 0 Å². The molecular weight excluding hydrogens is 460 g/mol. The predicted octanol–water partition coefficient (Wildman–Crippen LogP) is 3.12. The number of aryl methyl sites for hydroxylation is 1. The molecule has 3 heterocycles. The number of fused-ring (bicyclic) bond motifs is 1. The Balaban J connectivity index is 1.51. The monoisotopic (exact) mass is 482 g/mol. The summed E-state index contributed by atoms with van der Waals surface area (Å²) >= 11 is 0. The molecule has 2 aromatic carbocycles. The number of hydrogen-bond donors (Lipinski definition) is 2. The Bertz CT molecular complexity index is 1590. The van der Waals surface area contributed by atoms with E-state index in [1.807, 2.05) is 48.5 Å². The third kappa shape index (κ3) is 4.45. The smallest absolute Gasteiger partial charge is 0.356 e. The van der Waals surface area contributed by atoms with Crippen LogP contribution in [0.2, 0.25) is 0 Å². The predicted molar refractivity (Wildman–Crippen MR) is 131 cm³/mol. The molecule has 11 heteroatoms. The minimum Gasteiger partial charge on any atom is -0.476 e. The van der Waals surface area contributed by atoms with E-state index in [4.69, 9.17) is 0 Å². The van der Waals surface area contributed by atoms with Gasteiger partial charge in [-0.2, -0.15) is 5.21 Å². The fraction of sp³-hybridized carbons (Fsp3) is 0.200. The Kier molecular flexibility index (Phi) is 6.27. The minimum atomic E-state index is -1.22. The summed E-state index contributed by atoms with van der Waals surface area (Å²) in [5, 5.41) is 23.5. The summed E-state index contributed by atoms with van der Waals surface area (Å²) in [4.78, 5) is 37.2. The van der Waals surface area contributed by atoms with E-state index in [1.54, 1.807) is 4.57 Å². The van der Waals surface area contributed by atoms with Crippen molar-refractivity contribution in [2.24, 2.45) is 0 Å². The molecule has 5 rings (SSSR count). The van der Waals surface area contributed by atoms with Gasteiger partial charge in [0.15, 0.2) is 16.9 Å². The first-order valence-corrected chi connectivity index (χ1v) is 11.5. The maximum atomic E-state index is 13.3. The van der Waals surface area contributed by atoms with E-state index in [2.05, 4.69) is 42.5 Å². The number of tetrazole rings is 1.